The zero-order valence-corrected chi connectivity index (χ0v) is 14.8. The maximum Gasteiger partial charge on any atom is 0.341 e. The van der Waals surface area contributed by atoms with Gasteiger partial charge >= 0.3 is 5.76 Å². The fraction of sp³-hybridized carbons (Fsp3) is 0.118. The Morgan fingerprint density at radius 3 is 2.46 bits per heavy atom. The summed E-state index contributed by atoms with van der Waals surface area (Å²) in [6.07, 6.45) is 1.10. The van der Waals surface area contributed by atoms with Crippen molar-refractivity contribution >= 4 is 32.3 Å². The van der Waals surface area contributed by atoms with E-state index in [9.17, 15) is 31.2 Å². The highest BCUT2D eigenvalue weighted by atomic mass is 32.2. The molecule has 0 saturated heterocycles. The molecule has 0 atom stereocenters. The number of nitrogens with zero attached hydrogens (tertiary/aromatic N) is 2. The number of halogens is 3. The molecule has 2 aromatic carbocycles. The summed E-state index contributed by atoms with van der Waals surface area (Å²) in [7, 11) is -4.73. The fourth-order valence-electron chi connectivity index (χ4n) is 2.43. The molecule has 0 aliphatic heterocycles. The fourth-order valence-corrected chi connectivity index (χ4v) is 3.15. The average molecular weight is 411 g/mol. The Morgan fingerprint density at radius 1 is 1.14 bits per heavy atom. The third-order valence-electron chi connectivity index (χ3n) is 3.80. The quantitative estimate of drug-likeness (QED) is 0.694. The van der Waals surface area contributed by atoms with Gasteiger partial charge in [0.15, 0.2) is 0 Å². The molecule has 28 heavy (non-hydrogen) atoms. The Kier molecular flexibility index (Phi) is 5.18. The molecule has 11 heteroatoms. The smallest absolute Gasteiger partial charge is 0.325 e. The van der Waals surface area contributed by atoms with Gasteiger partial charge in [-0.1, -0.05) is 0 Å². The van der Waals surface area contributed by atoms with Crippen molar-refractivity contribution in [1.29, 1.82) is 0 Å². The van der Waals surface area contributed by atoms with Gasteiger partial charge in [-0.25, -0.2) is 17.8 Å². The van der Waals surface area contributed by atoms with Gasteiger partial charge in [-0.3, -0.25) is 14.2 Å². The number of hydrogen-bond donors (Lipinski definition) is 1. The van der Waals surface area contributed by atoms with Crippen LogP contribution in [0.1, 0.15) is 0 Å². The first-order valence-electron chi connectivity index (χ1n) is 7.75. The Balaban J connectivity index is 1.76. The van der Waals surface area contributed by atoms with E-state index in [1.165, 1.54) is 6.07 Å². The maximum atomic E-state index is 13.2. The van der Waals surface area contributed by atoms with Crippen LogP contribution in [0.25, 0.3) is 10.9 Å². The molecule has 1 aromatic heterocycles. The number of carbonyl (C=O) groups is 1. The monoisotopic (exact) mass is 411 g/mol. The van der Waals surface area contributed by atoms with Crippen molar-refractivity contribution in [2.45, 2.75) is 17.2 Å². The first kappa shape index (κ1) is 19.5. The van der Waals surface area contributed by atoms with E-state index < -0.39 is 44.3 Å². The molecule has 0 radical (unpaired) electrons. The predicted octanol–water partition coefficient (Wildman–Crippen LogP) is 2.17. The molecule has 0 bridgehead atoms. The van der Waals surface area contributed by atoms with Crippen molar-refractivity contribution in [3.63, 3.8) is 0 Å². The van der Waals surface area contributed by atoms with E-state index in [0.29, 0.717) is 0 Å². The Hall–Kier alpha value is -3.21. The largest absolute Gasteiger partial charge is 0.341 e. The number of fused-ring (bicyclic) bond motifs is 1. The minimum atomic E-state index is -4.73. The van der Waals surface area contributed by atoms with Crippen LogP contribution in [0.3, 0.4) is 0 Å². The van der Waals surface area contributed by atoms with E-state index in [0.717, 1.165) is 47.3 Å². The summed E-state index contributed by atoms with van der Waals surface area (Å²) in [5, 5.41) is 2.55. The third-order valence-corrected chi connectivity index (χ3v) is 5.20. The molecule has 3 rings (SSSR count). The van der Waals surface area contributed by atoms with E-state index in [4.69, 9.17) is 0 Å². The van der Waals surface area contributed by atoms with E-state index >= 15 is 0 Å². The Morgan fingerprint density at radius 2 is 1.82 bits per heavy atom. The SMILES string of the molecule is O=C(Cn1cnc2cc(F)ccc2c1=O)Nc1ccc(S(=O)(=O)C(F)F)cc1. The van der Waals surface area contributed by atoms with Gasteiger partial charge in [-0.05, 0) is 36.4 Å². The van der Waals surface area contributed by atoms with Crippen LogP contribution in [0.2, 0.25) is 0 Å². The van der Waals surface area contributed by atoms with E-state index in [-0.39, 0.29) is 16.6 Å². The standard InChI is InChI=1S/C17H12F3N3O4S/c18-10-1-6-13-14(7-10)21-9-23(16(13)25)8-15(24)22-11-2-4-12(5-3-11)28(26,27)17(19)20/h1-7,9,17H,8H2,(H,22,24). The summed E-state index contributed by atoms with van der Waals surface area (Å²) in [5.41, 5.74) is -0.238. The number of benzene rings is 2. The van der Waals surface area contributed by atoms with Crippen LogP contribution in [-0.4, -0.2) is 29.6 Å². The van der Waals surface area contributed by atoms with Crippen molar-refractivity contribution in [3.8, 4) is 0 Å². The van der Waals surface area contributed by atoms with Crippen molar-refractivity contribution in [2.24, 2.45) is 0 Å². The minimum absolute atomic E-state index is 0.137. The topological polar surface area (TPSA) is 98.1 Å². The number of sulfone groups is 1. The van der Waals surface area contributed by atoms with E-state index in [2.05, 4.69) is 10.3 Å². The summed E-state index contributed by atoms with van der Waals surface area (Å²) >= 11 is 0. The molecule has 1 heterocycles. The lowest BCUT2D eigenvalue weighted by Crippen LogP contribution is -2.28. The van der Waals surface area contributed by atoms with Crippen LogP contribution in [0.5, 0.6) is 0 Å². The summed E-state index contributed by atoms with van der Waals surface area (Å²) in [5.74, 6) is -4.73. The molecular formula is C17H12F3N3O4S. The van der Waals surface area contributed by atoms with Crippen LogP contribution < -0.4 is 10.9 Å². The third kappa shape index (κ3) is 3.88. The second kappa shape index (κ2) is 7.43. The van der Waals surface area contributed by atoms with Crippen LogP contribution in [0, 0.1) is 5.82 Å². The molecule has 0 unspecified atom stereocenters. The lowest BCUT2D eigenvalue weighted by atomic mass is 10.2. The summed E-state index contributed by atoms with van der Waals surface area (Å²) in [4.78, 5) is 27.8. The van der Waals surface area contributed by atoms with Crippen molar-refractivity contribution in [2.75, 3.05) is 5.32 Å². The molecule has 0 fully saturated rings. The number of amides is 1. The lowest BCUT2D eigenvalue weighted by molar-refractivity contribution is -0.116. The molecule has 1 amide bonds. The number of rotatable bonds is 5. The highest BCUT2D eigenvalue weighted by molar-refractivity contribution is 7.91. The van der Waals surface area contributed by atoms with Crippen molar-refractivity contribution in [3.05, 3.63) is 65.0 Å². The van der Waals surface area contributed by atoms with E-state index in [1.54, 1.807) is 0 Å². The second-order valence-electron chi connectivity index (χ2n) is 5.72. The number of aromatic nitrogens is 2. The average Bonchev–Trinajstić information content (AvgIpc) is 2.64. The summed E-state index contributed by atoms with van der Waals surface area (Å²) in [6, 6.07) is 7.64. The predicted molar refractivity (Wildman–Crippen MR) is 94.2 cm³/mol. The summed E-state index contributed by atoms with van der Waals surface area (Å²) < 4.78 is 61.9. The highest BCUT2D eigenvalue weighted by Crippen LogP contribution is 2.20. The molecule has 0 spiro atoms. The van der Waals surface area contributed by atoms with Crippen LogP contribution in [-0.2, 0) is 21.2 Å². The number of alkyl halides is 2. The molecule has 0 aliphatic carbocycles. The number of carbonyl (C=O) groups excluding carboxylic acids is 1. The molecular weight excluding hydrogens is 399 g/mol. The van der Waals surface area contributed by atoms with Gasteiger partial charge in [-0.15, -0.1) is 0 Å². The minimum Gasteiger partial charge on any atom is -0.325 e. The lowest BCUT2D eigenvalue weighted by Gasteiger charge is -2.09. The summed E-state index contributed by atoms with van der Waals surface area (Å²) in [6.45, 7) is -0.407. The van der Waals surface area contributed by atoms with Gasteiger partial charge in [0, 0.05) is 11.8 Å². The molecule has 7 nitrogen and oxygen atoms in total. The first-order chi connectivity index (χ1) is 13.2. The van der Waals surface area contributed by atoms with Gasteiger partial charge in [-0.2, -0.15) is 8.78 Å². The molecule has 1 N–H and O–H groups in total. The van der Waals surface area contributed by atoms with Crippen LogP contribution in [0.4, 0.5) is 18.9 Å². The van der Waals surface area contributed by atoms with Crippen LogP contribution in [0.15, 0.2) is 58.5 Å². The number of anilines is 1. The zero-order valence-electron chi connectivity index (χ0n) is 14.0. The van der Waals surface area contributed by atoms with Crippen molar-refractivity contribution in [1.82, 2.24) is 9.55 Å². The van der Waals surface area contributed by atoms with Crippen LogP contribution >= 0.6 is 0 Å². The van der Waals surface area contributed by atoms with Gasteiger partial charge in [0.25, 0.3) is 5.56 Å². The molecule has 3 aromatic rings. The second-order valence-corrected chi connectivity index (χ2v) is 7.64. The van der Waals surface area contributed by atoms with E-state index in [1.807, 2.05) is 0 Å². The van der Waals surface area contributed by atoms with Gasteiger partial charge in [0.1, 0.15) is 12.4 Å². The molecule has 0 aliphatic rings. The number of hydrogen-bond acceptors (Lipinski definition) is 5. The number of nitrogens with one attached hydrogen (secondary N) is 1. The normalized spacial score (nSPS) is 11.7. The molecule has 146 valence electrons. The van der Waals surface area contributed by atoms with Crippen molar-refractivity contribution < 1.29 is 26.4 Å². The Bertz CT molecular complexity index is 1210. The maximum absolute atomic E-state index is 13.2. The van der Waals surface area contributed by atoms with Gasteiger partial charge < -0.3 is 5.32 Å². The highest BCUT2D eigenvalue weighted by Gasteiger charge is 2.26. The Labute approximate surface area is 156 Å². The first-order valence-corrected chi connectivity index (χ1v) is 9.30. The zero-order chi connectivity index (χ0) is 20.5. The van der Waals surface area contributed by atoms with Gasteiger partial charge in [0.2, 0.25) is 15.7 Å². The van der Waals surface area contributed by atoms with Gasteiger partial charge in [0.05, 0.1) is 22.1 Å². The molecule has 0 saturated carbocycles.